The molecule has 0 amide bonds. The molecule has 3 rings (SSSR count). The van der Waals surface area contributed by atoms with E-state index in [1.54, 1.807) is 7.05 Å². The van der Waals surface area contributed by atoms with Crippen molar-refractivity contribution in [2.24, 2.45) is 14.1 Å². The molecule has 0 unspecified atom stereocenters. The second-order valence-electron chi connectivity index (χ2n) is 6.44. The fourth-order valence-electron chi connectivity index (χ4n) is 3.43. The van der Waals surface area contributed by atoms with Gasteiger partial charge in [-0.25, -0.2) is 4.79 Å². The van der Waals surface area contributed by atoms with E-state index in [0.29, 0.717) is 29.7 Å². The fourth-order valence-corrected chi connectivity index (χ4v) is 3.43. The van der Waals surface area contributed by atoms with Crippen molar-refractivity contribution in [2.45, 2.75) is 58.0 Å². The fraction of sp³-hybridized carbons (Fsp3) is 0.688. The monoisotopic (exact) mass is 319 g/mol. The van der Waals surface area contributed by atoms with Crippen molar-refractivity contribution >= 4 is 17.1 Å². The molecule has 0 bridgehead atoms. The van der Waals surface area contributed by atoms with E-state index in [9.17, 15) is 9.59 Å². The number of aryl methyl sites for hydroxylation is 2. The zero-order valence-electron chi connectivity index (χ0n) is 14.1. The van der Waals surface area contributed by atoms with Gasteiger partial charge in [0, 0.05) is 26.7 Å². The molecule has 0 radical (unpaired) electrons. The Morgan fingerprint density at radius 2 is 1.83 bits per heavy atom. The number of nitrogens with zero attached hydrogens (tertiary/aromatic N) is 4. The van der Waals surface area contributed by atoms with Crippen molar-refractivity contribution < 1.29 is 0 Å². The Hall–Kier alpha value is -2.05. The van der Waals surface area contributed by atoms with Gasteiger partial charge >= 0.3 is 5.69 Å². The van der Waals surface area contributed by atoms with Crippen LogP contribution in [-0.4, -0.2) is 24.7 Å². The lowest BCUT2D eigenvalue weighted by Crippen LogP contribution is -2.37. The third-order valence-corrected chi connectivity index (χ3v) is 4.73. The number of imidazole rings is 1. The SMILES string of the molecule is CCCn1c(NC2CCCCC2)nc2c1c(=O)n(C)c(=O)n2C. The van der Waals surface area contributed by atoms with Crippen LogP contribution >= 0.6 is 0 Å². The third-order valence-electron chi connectivity index (χ3n) is 4.73. The highest BCUT2D eigenvalue weighted by molar-refractivity contribution is 5.74. The van der Waals surface area contributed by atoms with Gasteiger partial charge in [0.2, 0.25) is 5.95 Å². The maximum atomic E-state index is 12.6. The zero-order valence-corrected chi connectivity index (χ0v) is 14.1. The number of fused-ring (bicyclic) bond motifs is 1. The van der Waals surface area contributed by atoms with Crippen molar-refractivity contribution in [3.63, 3.8) is 0 Å². The molecule has 2 heterocycles. The highest BCUT2D eigenvalue weighted by atomic mass is 16.2. The topological polar surface area (TPSA) is 73.8 Å². The van der Waals surface area contributed by atoms with Crippen LogP contribution in [0.4, 0.5) is 5.95 Å². The first kappa shape index (κ1) is 15.8. The van der Waals surface area contributed by atoms with E-state index in [2.05, 4.69) is 17.2 Å². The van der Waals surface area contributed by atoms with E-state index in [4.69, 9.17) is 0 Å². The average molecular weight is 319 g/mol. The predicted molar refractivity (Wildman–Crippen MR) is 91.0 cm³/mol. The number of hydrogen-bond acceptors (Lipinski definition) is 4. The lowest BCUT2D eigenvalue weighted by molar-refractivity contribution is 0.459. The molecule has 1 aliphatic rings. The van der Waals surface area contributed by atoms with Gasteiger partial charge in [-0.05, 0) is 19.3 Å². The molecule has 7 nitrogen and oxygen atoms in total. The quantitative estimate of drug-likeness (QED) is 0.929. The van der Waals surface area contributed by atoms with Gasteiger partial charge in [-0.1, -0.05) is 26.2 Å². The summed E-state index contributed by atoms with van der Waals surface area (Å²) < 4.78 is 4.54. The summed E-state index contributed by atoms with van der Waals surface area (Å²) in [7, 11) is 3.18. The molecule has 23 heavy (non-hydrogen) atoms. The molecule has 2 aromatic rings. The number of rotatable bonds is 4. The first-order valence-electron chi connectivity index (χ1n) is 8.47. The molecular weight excluding hydrogens is 294 g/mol. The molecule has 0 aliphatic heterocycles. The van der Waals surface area contributed by atoms with Gasteiger partial charge in [0.1, 0.15) is 0 Å². The number of anilines is 1. The minimum Gasteiger partial charge on any atom is -0.353 e. The highest BCUT2D eigenvalue weighted by Crippen LogP contribution is 2.23. The molecule has 1 N–H and O–H groups in total. The van der Waals surface area contributed by atoms with E-state index < -0.39 is 0 Å². The van der Waals surface area contributed by atoms with Crippen LogP contribution in [0, 0.1) is 0 Å². The molecule has 1 aliphatic carbocycles. The van der Waals surface area contributed by atoms with Gasteiger partial charge in [-0.15, -0.1) is 0 Å². The van der Waals surface area contributed by atoms with Crippen molar-refractivity contribution in [1.29, 1.82) is 0 Å². The average Bonchev–Trinajstić information content (AvgIpc) is 2.91. The Labute approximate surface area is 134 Å². The van der Waals surface area contributed by atoms with Gasteiger partial charge < -0.3 is 9.88 Å². The second-order valence-corrected chi connectivity index (χ2v) is 6.44. The van der Waals surface area contributed by atoms with E-state index in [1.165, 1.54) is 30.9 Å². The van der Waals surface area contributed by atoms with Crippen LogP contribution in [0.15, 0.2) is 9.59 Å². The highest BCUT2D eigenvalue weighted by Gasteiger charge is 2.21. The van der Waals surface area contributed by atoms with Crippen LogP contribution in [0.1, 0.15) is 45.4 Å². The van der Waals surface area contributed by atoms with Crippen LogP contribution in [0.5, 0.6) is 0 Å². The number of hydrogen-bond donors (Lipinski definition) is 1. The first-order valence-corrected chi connectivity index (χ1v) is 8.47. The molecule has 0 saturated heterocycles. The molecule has 2 aromatic heterocycles. The van der Waals surface area contributed by atoms with Gasteiger partial charge in [0.15, 0.2) is 11.2 Å². The van der Waals surface area contributed by atoms with E-state index >= 15 is 0 Å². The lowest BCUT2D eigenvalue weighted by Gasteiger charge is -2.23. The zero-order chi connectivity index (χ0) is 16.6. The summed E-state index contributed by atoms with van der Waals surface area (Å²) in [6, 6.07) is 0.400. The summed E-state index contributed by atoms with van der Waals surface area (Å²) in [4.78, 5) is 29.3. The van der Waals surface area contributed by atoms with Crippen LogP contribution in [0.2, 0.25) is 0 Å². The van der Waals surface area contributed by atoms with Crippen molar-refractivity contribution in [3.05, 3.63) is 20.8 Å². The molecule has 126 valence electrons. The van der Waals surface area contributed by atoms with Crippen LogP contribution < -0.4 is 16.6 Å². The summed E-state index contributed by atoms with van der Waals surface area (Å²) in [5.74, 6) is 0.715. The molecule has 1 fully saturated rings. The second kappa shape index (κ2) is 6.22. The summed E-state index contributed by atoms with van der Waals surface area (Å²) in [5, 5.41) is 3.51. The minimum atomic E-state index is -0.340. The van der Waals surface area contributed by atoms with Crippen molar-refractivity contribution in [3.8, 4) is 0 Å². The number of aromatic nitrogens is 4. The van der Waals surface area contributed by atoms with Gasteiger partial charge in [0.25, 0.3) is 5.56 Å². The normalized spacial score (nSPS) is 16.1. The largest absolute Gasteiger partial charge is 0.353 e. The van der Waals surface area contributed by atoms with Gasteiger partial charge in [-0.3, -0.25) is 13.9 Å². The Balaban J connectivity index is 2.15. The Kier molecular flexibility index (Phi) is 4.28. The standard InChI is InChI=1S/C16H25N5O2/c1-4-10-21-12-13(19(2)16(23)20(3)14(12)22)18-15(21)17-11-8-6-5-7-9-11/h11H,4-10H2,1-3H3,(H,17,18). The van der Waals surface area contributed by atoms with Crippen molar-refractivity contribution in [2.75, 3.05) is 5.32 Å². The smallest absolute Gasteiger partial charge is 0.332 e. The summed E-state index contributed by atoms with van der Waals surface area (Å²) in [6.07, 6.45) is 6.91. The molecule has 0 atom stereocenters. The number of nitrogens with one attached hydrogen (secondary N) is 1. The summed E-state index contributed by atoms with van der Waals surface area (Å²) in [6.45, 7) is 2.78. The molecule has 0 spiro atoms. The van der Waals surface area contributed by atoms with Crippen LogP contribution in [0.25, 0.3) is 11.2 Å². The van der Waals surface area contributed by atoms with E-state index in [0.717, 1.165) is 23.8 Å². The summed E-state index contributed by atoms with van der Waals surface area (Å²) in [5.41, 5.74) is 0.355. The third kappa shape index (κ3) is 2.68. The van der Waals surface area contributed by atoms with Gasteiger partial charge in [-0.2, -0.15) is 4.98 Å². The van der Waals surface area contributed by atoms with Gasteiger partial charge in [0.05, 0.1) is 0 Å². The Bertz CT molecular complexity index is 824. The first-order chi connectivity index (χ1) is 11.0. The molecule has 1 saturated carbocycles. The van der Waals surface area contributed by atoms with Crippen LogP contribution in [-0.2, 0) is 20.6 Å². The summed E-state index contributed by atoms with van der Waals surface area (Å²) >= 11 is 0. The Morgan fingerprint density at radius 1 is 1.13 bits per heavy atom. The lowest BCUT2D eigenvalue weighted by atomic mass is 9.96. The maximum Gasteiger partial charge on any atom is 0.332 e. The maximum absolute atomic E-state index is 12.6. The molecule has 0 aromatic carbocycles. The minimum absolute atomic E-state index is 0.277. The molecule has 7 heteroatoms. The van der Waals surface area contributed by atoms with E-state index in [-0.39, 0.29) is 11.2 Å². The predicted octanol–water partition coefficient (Wildman–Crippen LogP) is 1.59. The van der Waals surface area contributed by atoms with Crippen molar-refractivity contribution in [1.82, 2.24) is 18.7 Å². The van der Waals surface area contributed by atoms with Crippen LogP contribution in [0.3, 0.4) is 0 Å². The van der Waals surface area contributed by atoms with E-state index in [1.807, 2.05) is 4.57 Å². The Morgan fingerprint density at radius 3 is 2.48 bits per heavy atom. The molecular formula is C16H25N5O2.